The van der Waals surface area contributed by atoms with E-state index in [1.165, 1.54) is 0 Å². The van der Waals surface area contributed by atoms with Crippen molar-refractivity contribution < 1.29 is 14.1 Å². The number of hydrogen-bond acceptors (Lipinski definition) is 8. The molecule has 1 amide bonds. The van der Waals surface area contributed by atoms with Gasteiger partial charge in [0.2, 0.25) is 5.89 Å². The zero-order valence-corrected chi connectivity index (χ0v) is 18.8. The van der Waals surface area contributed by atoms with Gasteiger partial charge in [0, 0.05) is 29.3 Å². The number of fused-ring (bicyclic) bond motifs is 1. The molecular weight excluding hydrogens is 428 g/mol. The molecule has 3 aromatic heterocycles. The van der Waals surface area contributed by atoms with Crippen LogP contribution in [0.3, 0.4) is 0 Å². The van der Waals surface area contributed by atoms with Gasteiger partial charge in [-0.15, -0.1) is 5.10 Å². The minimum atomic E-state index is -0.393. The van der Waals surface area contributed by atoms with E-state index >= 15 is 0 Å². The van der Waals surface area contributed by atoms with E-state index in [0.29, 0.717) is 36.9 Å². The third kappa shape index (κ3) is 3.98. The van der Waals surface area contributed by atoms with Gasteiger partial charge in [0.15, 0.2) is 11.6 Å². The molecule has 10 heteroatoms. The quantitative estimate of drug-likeness (QED) is 0.622. The number of hydrogen-bond donors (Lipinski definition) is 1. The molecule has 1 fully saturated rings. The van der Waals surface area contributed by atoms with Gasteiger partial charge in [-0.05, 0) is 37.8 Å². The Morgan fingerprint density at radius 1 is 1.28 bits per heavy atom. The van der Waals surface area contributed by atoms with Gasteiger partial charge in [-0.1, -0.05) is 17.3 Å². The van der Waals surface area contributed by atoms with E-state index in [0.717, 1.165) is 35.2 Å². The van der Waals surface area contributed by atoms with Gasteiger partial charge >= 0.3 is 0 Å². The summed E-state index contributed by atoms with van der Waals surface area (Å²) in [6.07, 6.45) is 6.61. The van der Waals surface area contributed by atoms with E-state index < -0.39 is 6.04 Å². The Balaban J connectivity index is 1.52. The maximum atomic E-state index is 13.1. The maximum Gasteiger partial charge on any atom is 0.251 e. The lowest BCUT2D eigenvalue weighted by Gasteiger charge is -2.26. The summed E-state index contributed by atoms with van der Waals surface area (Å²) in [4.78, 5) is 19.5. The Bertz CT molecular complexity index is 1270. The molecule has 0 spiro atoms. The summed E-state index contributed by atoms with van der Waals surface area (Å²) in [5.41, 5.74) is 1.56. The third-order valence-electron chi connectivity index (χ3n) is 5.48. The topological polar surface area (TPSA) is 98.3 Å². The SMILES string of the molecule is Cc1noc(C(C)NC(=O)C2=CCC=c3c(N4CCOCC4)nn(-c4ccsc4)c3=C2)n1. The van der Waals surface area contributed by atoms with Crippen molar-refractivity contribution in [2.75, 3.05) is 31.2 Å². The number of thiophene rings is 1. The summed E-state index contributed by atoms with van der Waals surface area (Å²) in [6, 6.07) is 1.64. The van der Waals surface area contributed by atoms with Crippen LogP contribution < -0.4 is 20.8 Å². The Morgan fingerprint density at radius 3 is 2.84 bits per heavy atom. The van der Waals surface area contributed by atoms with E-state index in [2.05, 4.69) is 31.8 Å². The summed E-state index contributed by atoms with van der Waals surface area (Å²) in [6.45, 7) is 6.53. The van der Waals surface area contributed by atoms with Crippen molar-refractivity contribution in [1.82, 2.24) is 25.2 Å². The van der Waals surface area contributed by atoms with Crippen molar-refractivity contribution >= 4 is 35.2 Å². The average Bonchev–Trinajstić information content (AvgIpc) is 3.52. The molecule has 2 aliphatic rings. The van der Waals surface area contributed by atoms with Crippen LogP contribution in [0.15, 0.2) is 33.0 Å². The smallest absolute Gasteiger partial charge is 0.251 e. The summed E-state index contributed by atoms with van der Waals surface area (Å²) < 4.78 is 12.6. The highest BCUT2D eigenvalue weighted by atomic mass is 32.1. The van der Waals surface area contributed by atoms with Crippen molar-refractivity contribution in [3.63, 3.8) is 0 Å². The fourth-order valence-corrected chi connectivity index (χ4v) is 4.46. The van der Waals surface area contributed by atoms with E-state index in [1.54, 1.807) is 18.3 Å². The summed E-state index contributed by atoms with van der Waals surface area (Å²) >= 11 is 1.61. The molecule has 1 saturated heterocycles. The normalized spacial score (nSPS) is 16.9. The number of morpholine rings is 1. The molecule has 166 valence electrons. The van der Waals surface area contributed by atoms with Crippen LogP contribution in [0, 0.1) is 6.92 Å². The summed E-state index contributed by atoms with van der Waals surface area (Å²) in [5.74, 6) is 1.65. The standard InChI is InChI=1S/C22H24N6O3S/c1-14(22-24-15(2)26-31-22)23-21(29)16-4-3-5-18-19(12-16)28(17-6-11-32-13-17)25-20(18)27-7-9-30-10-8-27/h4-6,11-14H,3,7-10H2,1-2H3,(H,23,29). The van der Waals surface area contributed by atoms with Crippen LogP contribution >= 0.6 is 11.3 Å². The molecule has 1 N–H and O–H groups in total. The van der Waals surface area contributed by atoms with Gasteiger partial charge < -0.3 is 19.5 Å². The van der Waals surface area contributed by atoms with E-state index in [9.17, 15) is 4.79 Å². The van der Waals surface area contributed by atoms with Crippen LogP contribution in [0.4, 0.5) is 5.82 Å². The van der Waals surface area contributed by atoms with Gasteiger partial charge in [0.1, 0.15) is 6.04 Å². The number of nitrogens with zero attached hydrogens (tertiary/aromatic N) is 5. The molecule has 1 atom stereocenters. The Hall–Kier alpha value is -3.24. The number of ether oxygens (including phenoxy) is 1. The maximum absolute atomic E-state index is 13.1. The number of aryl methyl sites for hydroxylation is 1. The van der Waals surface area contributed by atoms with Crippen LogP contribution in [0.1, 0.15) is 31.1 Å². The molecule has 9 nitrogen and oxygen atoms in total. The van der Waals surface area contributed by atoms with Gasteiger partial charge in [0.25, 0.3) is 5.91 Å². The minimum Gasteiger partial charge on any atom is -0.378 e. The minimum absolute atomic E-state index is 0.194. The molecule has 0 aromatic carbocycles. The van der Waals surface area contributed by atoms with E-state index in [4.69, 9.17) is 14.4 Å². The number of carbonyl (C=O) groups excluding carboxylic acids is 1. The molecule has 0 radical (unpaired) electrons. The number of nitrogens with one attached hydrogen (secondary N) is 1. The van der Waals surface area contributed by atoms with Gasteiger partial charge in [0.05, 0.1) is 24.3 Å². The third-order valence-corrected chi connectivity index (χ3v) is 6.15. The van der Waals surface area contributed by atoms with Crippen LogP contribution in [0.25, 0.3) is 17.8 Å². The second-order valence-corrected chi connectivity index (χ2v) is 8.51. The zero-order chi connectivity index (χ0) is 22.1. The first-order chi connectivity index (χ1) is 15.6. The predicted molar refractivity (Wildman–Crippen MR) is 121 cm³/mol. The highest BCUT2D eigenvalue weighted by Crippen LogP contribution is 2.15. The lowest BCUT2D eigenvalue weighted by molar-refractivity contribution is -0.117. The van der Waals surface area contributed by atoms with Crippen molar-refractivity contribution in [2.45, 2.75) is 26.3 Å². The lowest BCUT2D eigenvalue weighted by atomic mass is 10.2. The van der Waals surface area contributed by atoms with Gasteiger partial charge in [-0.25, -0.2) is 4.68 Å². The number of carbonyl (C=O) groups is 1. The monoisotopic (exact) mass is 452 g/mol. The molecule has 4 heterocycles. The fourth-order valence-electron chi connectivity index (χ4n) is 3.85. The highest BCUT2D eigenvalue weighted by molar-refractivity contribution is 7.08. The Labute approximate surface area is 188 Å². The van der Waals surface area contributed by atoms with Crippen LogP contribution in [-0.4, -0.2) is 52.1 Å². The number of anilines is 1. The van der Waals surface area contributed by atoms with Gasteiger partial charge in [-0.2, -0.15) is 16.3 Å². The second kappa shape index (κ2) is 8.71. The second-order valence-electron chi connectivity index (χ2n) is 7.73. The molecule has 5 rings (SSSR count). The molecule has 1 aliphatic heterocycles. The molecule has 0 bridgehead atoms. The molecule has 3 aromatic rings. The molecule has 1 unspecified atom stereocenters. The van der Waals surface area contributed by atoms with Crippen molar-refractivity contribution in [1.29, 1.82) is 0 Å². The van der Waals surface area contributed by atoms with Crippen LogP contribution in [0.5, 0.6) is 0 Å². The number of rotatable bonds is 5. The molecule has 32 heavy (non-hydrogen) atoms. The summed E-state index contributed by atoms with van der Waals surface area (Å²) in [7, 11) is 0. The van der Waals surface area contributed by atoms with Crippen molar-refractivity contribution in [3.8, 4) is 5.69 Å². The summed E-state index contributed by atoms with van der Waals surface area (Å²) in [5, 5.41) is 17.7. The van der Waals surface area contributed by atoms with Crippen LogP contribution in [-0.2, 0) is 9.53 Å². The zero-order valence-electron chi connectivity index (χ0n) is 17.9. The van der Waals surface area contributed by atoms with Gasteiger partial charge in [-0.3, -0.25) is 4.79 Å². The molecule has 0 saturated carbocycles. The number of amides is 1. The highest BCUT2D eigenvalue weighted by Gasteiger charge is 2.21. The van der Waals surface area contributed by atoms with Crippen molar-refractivity contribution in [2.24, 2.45) is 0 Å². The van der Waals surface area contributed by atoms with Crippen molar-refractivity contribution in [3.05, 3.63) is 50.8 Å². The molecule has 1 aliphatic carbocycles. The number of aromatic nitrogens is 4. The predicted octanol–water partition coefficient (Wildman–Crippen LogP) is 1.23. The average molecular weight is 453 g/mol. The van der Waals surface area contributed by atoms with Crippen LogP contribution in [0.2, 0.25) is 0 Å². The number of allylic oxidation sites excluding steroid dienone is 1. The van der Waals surface area contributed by atoms with E-state index in [1.807, 2.05) is 35.2 Å². The fraction of sp³-hybridized carbons (Fsp3) is 0.364. The first kappa shape index (κ1) is 20.7. The Kier molecular flexibility index (Phi) is 5.62. The van der Waals surface area contributed by atoms with E-state index in [-0.39, 0.29) is 5.91 Å². The largest absolute Gasteiger partial charge is 0.378 e. The Morgan fingerprint density at radius 2 is 2.12 bits per heavy atom. The first-order valence-corrected chi connectivity index (χ1v) is 11.5. The molecular formula is C22H24N6O3S. The lowest BCUT2D eigenvalue weighted by Crippen LogP contribution is -2.40. The first-order valence-electron chi connectivity index (χ1n) is 10.6.